The minimum atomic E-state index is -1.12. The van der Waals surface area contributed by atoms with E-state index in [9.17, 15) is 24.3 Å². The van der Waals surface area contributed by atoms with Crippen molar-refractivity contribution in [1.29, 1.82) is 0 Å². The minimum Gasteiger partial charge on any atom is -0.462 e. The highest BCUT2D eigenvalue weighted by Crippen LogP contribution is 2.59. The fourth-order valence-electron chi connectivity index (χ4n) is 5.95. The van der Waals surface area contributed by atoms with E-state index in [1.165, 1.54) is 13.8 Å². The number of hydrogen-bond donors (Lipinski definition) is 1. The van der Waals surface area contributed by atoms with Crippen molar-refractivity contribution in [2.24, 2.45) is 29.1 Å². The number of rotatable bonds is 5. The second-order valence-corrected chi connectivity index (χ2v) is 9.81. The molecule has 0 spiro atoms. The van der Waals surface area contributed by atoms with Crippen LogP contribution in [0.4, 0.5) is 0 Å². The molecule has 2 saturated carbocycles. The molecule has 2 aliphatic carbocycles. The lowest BCUT2D eigenvalue weighted by atomic mass is 9.66. The summed E-state index contributed by atoms with van der Waals surface area (Å²) < 4.78 is 22.8. The average molecular weight is 467 g/mol. The zero-order valence-corrected chi connectivity index (χ0v) is 20.0. The molecule has 0 radical (unpaired) electrons. The summed E-state index contributed by atoms with van der Waals surface area (Å²) in [6.45, 7) is 13.6. The molecule has 10 atom stereocenters. The van der Waals surface area contributed by atoms with E-state index >= 15 is 0 Å². The second kappa shape index (κ2) is 9.08. The van der Waals surface area contributed by atoms with Gasteiger partial charge >= 0.3 is 23.9 Å². The maximum absolute atomic E-state index is 12.7. The smallest absolute Gasteiger partial charge is 0.334 e. The summed E-state index contributed by atoms with van der Waals surface area (Å²) in [4.78, 5) is 49.3. The highest BCUT2D eigenvalue weighted by atomic mass is 16.6. The van der Waals surface area contributed by atoms with Gasteiger partial charge in [-0.05, 0) is 6.42 Å². The fraction of sp³-hybridized carbons (Fsp3) is 0.750. The van der Waals surface area contributed by atoms with Gasteiger partial charge in [-0.2, -0.15) is 0 Å². The molecule has 33 heavy (non-hydrogen) atoms. The zero-order valence-electron chi connectivity index (χ0n) is 20.0. The van der Waals surface area contributed by atoms with Gasteiger partial charge in [-0.1, -0.05) is 34.3 Å². The number of aliphatic hydroxyl groups is 1. The van der Waals surface area contributed by atoms with E-state index < -0.39 is 71.6 Å². The van der Waals surface area contributed by atoms with Crippen molar-refractivity contribution in [3.8, 4) is 0 Å². The van der Waals surface area contributed by atoms with Crippen LogP contribution in [-0.2, 0) is 38.1 Å². The minimum absolute atomic E-state index is 0.0877. The molecule has 1 aliphatic heterocycles. The Labute approximate surface area is 193 Å². The Balaban J connectivity index is 2.15. The zero-order chi connectivity index (χ0) is 24.8. The van der Waals surface area contributed by atoms with Crippen LogP contribution in [0.5, 0.6) is 0 Å². The molecule has 184 valence electrons. The topological polar surface area (TPSA) is 125 Å². The largest absolute Gasteiger partial charge is 0.462 e. The Morgan fingerprint density at radius 2 is 1.82 bits per heavy atom. The lowest BCUT2D eigenvalue weighted by Crippen LogP contribution is -2.51. The number of esters is 4. The van der Waals surface area contributed by atoms with Crippen LogP contribution in [0.25, 0.3) is 0 Å². The Hall–Kier alpha value is -2.42. The van der Waals surface area contributed by atoms with E-state index in [0.717, 1.165) is 0 Å². The van der Waals surface area contributed by atoms with Gasteiger partial charge in [0.1, 0.15) is 24.4 Å². The van der Waals surface area contributed by atoms with E-state index in [2.05, 4.69) is 6.58 Å². The molecule has 10 unspecified atom stereocenters. The van der Waals surface area contributed by atoms with E-state index in [1.807, 2.05) is 6.92 Å². The Morgan fingerprint density at radius 1 is 1.21 bits per heavy atom. The molecule has 0 bridgehead atoms. The maximum atomic E-state index is 12.7. The molecule has 3 rings (SSSR count). The molecule has 3 aliphatic rings. The van der Waals surface area contributed by atoms with Crippen LogP contribution in [-0.4, -0.2) is 59.5 Å². The van der Waals surface area contributed by atoms with E-state index in [4.69, 9.17) is 18.9 Å². The van der Waals surface area contributed by atoms with E-state index in [-0.39, 0.29) is 23.9 Å². The van der Waals surface area contributed by atoms with Crippen LogP contribution in [0.3, 0.4) is 0 Å². The predicted molar refractivity (Wildman–Crippen MR) is 114 cm³/mol. The van der Waals surface area contributed by atoms with E-state index in [1.54, 1.807) is 20.8 Å². The molecule has 0 aromatic carbocycles. The molecule has 9 heteroatoms. The van der Waals surface area contributed by atoms with Gasteiger partial charge in [-0.3, -0.25) is 14.4 Å². The number of aliphatic hydroxyl groups excluding tert-OH is 1. The molecule has 1 N–H and O–H groups in total. The Morgan fingerprint density at radius 3 is 2.36 bits per heavy atom. The number of hydrogen-bond acceptors (Lipinski definition) is 9. The van der Waals surface area contributed by atoms with Gasteiger partial charge in [-0.25, -0.2) is 4.79 Å². The monoisotopic (exact) mass is 466 g/mol. The van der Waals surface area contributed by atoms with E-state index in [0.29, 0.717) is 6.42 Å². The van der Waals surface area contributed by atoms with Crippen molar-refractivity contribution in [2.45, 2.75) is 84.9 Å². The summed E-state index contributed by atoms with van der Waals surface area (Å²) in [6, 6.07) is 0. The van der Waals surface area contributed by atoms with Crippen molar-refractivity contribution in [3.63, 3.8) is 0 Å². The summed E-state index contributed by atoms with van der Waals surface area (Å²) in [5.41, 5.74) is -1.04. The molecule has 1 saturated heterocycles. The third-order valence-electron chi connectivity index (χ3n) is 7.78. The maximum Gasteiger partial charge on any atom is 0.334 e. The first-order chi connectivity index (χ1) is 15.3. The molecule has 0 aromatic heterocycles. The van der Waals surface area contributed by atoms with Crippen LogP contribution in [0.2, 0.25) is 0 Å². The Bertz CT molecular complexity index is 851. The van der Waals surface area contributed by atoms with Crippen LogP contribution < -0.4 is 0 Å². The van der Waals surface area contributed by atoms with Crippen molar-refractivity contribution in [1.82, 2.24) is 0 Å². The standard InChI is InChI=1S/C24H34O9/c1-8-10(2)22(28)32-15-9-16(27)24(7)18(15)12(4)19(30-13(5)25)20-17(11(3)23(29)33-20)21(24)31-14(6)26/h10,12,15-21,27H,3,8-9H2,1-2,4-7H3. The van der Waals surface area contributed by atoms with Crippen molar-refractivity contribution < 1.29 is 43.2 Å². The van der Waals surface area contributed by atoms with Gasteiger partial charge < -0.3 is 24.1 Å². The van der Waals surface area contributed by atoms with Crippen LogP contribution >= 0.6 is 0 Å². The molecular weight excluding hydrogens is 432 g/mol. The Kier molecular flexibility index (Phi) is 6.94. The second-order valence-electron chi connectivity index (χ2n) is 9.81. The first-order valence-electron chi connectivity index (χ1n) is 11.5. The number of fused-ring (bicyclic) bond motifs is 2. The summed E-state index contributed by atoms with van der Waals surface area (Å²) in [5, 5.41) is 11.3. The van der Waals surface area contributed by atoms with Gasteiger partial charge in [-0.15, -0.1) is 0 Å². The van der Waals surface area contributed by atoms with Gasteiger partial charge in [0.05, 0.1) is 17.9 Å². The van der Waals surface area contributed by atoms with Crippen molar-refractivity contribution >= 4 is 23.9 Å². The molecule has 0 aromatic rings. The first kappa shape index (κ1) is 25.2. The number of carbonyl (C=O) groups excluding carboxylic acids is 4. The molecular formula is C24H34O9. The predicted octanol–water partition coefficient (Wildman–Crippen LogP) is 1.94. The first-order valence-corrected chi connectivity index (χ1v) is 11.5. The highest BCUT2D eigenvalue weighted by molar-refractivity contribution is 5.91. The summed E-state index contributed by atoms with van der Waals surface area (Å²) in [6.07, 6.45) is -3.88. The normalized spacial score (nSPS) is 40.7. The summed E-state index contributed by atoms with van der Waals surface area (Å²) in [5.74, 6) is -4.44. The van der Waals surface area contributed by atoms with Gasteiger partial charge in [0, 0.05) is 43.1 Å². The highest BCUT2D eigenvalue weighted by Gasteiger charge is 2.69. The van der Waals surface area contributed by atoms with Crippen molar-refractivity contribution in [2.75, 3.05) is 0 Å². The molecule has 3 fully saturated rings. The lowest BCUT2D eigenvalue weighted by Gasteiger charge is -2.43. The van der Waals surface area contributed by atoms with Crippen LogP contribution in [0.1, 0.15) is 54.4 Å². The quantitative estimate of drug-likeness (QED) is 0.367. The lowest BCUT2D eigenvalue weighted by molar-refractivity contribution is -0.172. The number of carbonyl (C=O) groups is 4. The summed E-state index contributed by atoms with van der Waals surface area (Å²) >= 11 is 0. The van der Waals surface area contributed by atoms with Crippen molar-refractivity contribution in [3.05, 3.63) is 12.2 Å². The van der Waals surface area contributed by atoms with Gasteiger partial charge in [0.25, 0.3) is 0 Å². The third kappa shape index (κ3) is 4.16. The molecule has 9 nitrogen and oxygen atoms in total. The fourth-order valence-corrected chi connectivity index (χ4v) is 5.95. The summed E-state index contributed by atoms with van der Waals surface area (Å²) in [7, 11) is 0. The average Bonchev–Trinajstić information content (AvgIpc) is 3.13. The van der Waals surface area contributed by atoms with Gasteiger partial charge in [0.15, 0.2) is 0 Å². The van der Waals surface area contributed by atoms with Crippen LogP contribution in [0.15, 0.2) is 12.2 Å². The SMILES string of the molecule is C=C1C(=O)OC2C(OC(C)=O)C(C)C3C(OC(=O)C(C)CC)CC(O)C3(C)C(OC(C)=O)C12. The number of ether oxygens (including phenoxy) is 4. The molecule has 0 amide bonds. The molecule has 1 heterocycles. The van der Waals surface area contributed by atoms with Gasteiger partial charge in [0.2, 0.25) is 0 Å². The van der Waals surface area contributed by atoms with Crippen LogP contribution in [0, 0.1) is 29.1 Å². The third-order valence-corrected chi connectivity index (χ3v) is 7.78.